The minimum Gasteiger partial charge on any atom is -0.507 e. The molecule has 0 amide bonds. The molecule has 0 saturated heterocycles. The van der Waals surface area contributed by atoms with Crippen molar-refractivity contribution in [2.75, 3.05) is 0 Å². The van der Waals surface area contributed by atoms with E-state index in [-0.39, 0.29) is 26.2 Å². The van der Waals surface area contributed by atoms with E-state index in [0.29, 0.717) is 6.07 Å². The monoisotopic (exact) mass is 316 g/mol. The van der Waals surface area contributed by atoms with Crippen LogP contribution in [0.5, 0.6) is 5.75 Å². The van der Waals surface area contributed by atoms with Crippen LogP contribution in [0.4, 0.5) is 13.2 Å². The number of rotatable bonds is 1. The second kappa shape index (κ2) is 4.66. The quantitative estimate of drug-likeness (QED) is 0.857. The van der Waals surface area contributed by atoms with Crippen molar-refractivity contribution in [3.05, 3.63) is 24.3 Å². The Morgan fingerprint density at radius 1 is 1.13 bits per heavy atom. The van der Waals surface area contributed by atoms with Crippen LogP contribution in [0.25, 0.3) is 0 Å². The van der Waals surface area contributed by atoms with Gasteiger partial charge >= 0.3 is 5.51 Å². The van der Waals surface area contributed by atoms with Crippen LogP contribution in [0.3, 0.4) is 0 Å². The van der Waals surface area contributed by atoms with E-state index in [2.05, 4.69) is 0 Å². The molecule has 0 aliphatic carbocycles. The van der Waals surface area contributed by atoms with E-state index in [0.717, 1.165) is 12.1 Å². The fourth-order valence-electron chi connectivity index (χ4n) is 0.809. The molecule has 3 nitrogen and oxygen atoms in total. The molecule has 0 spiro atoms. The third-order valence-electron chi connectivity index (χ3n) is 1.46. The molecule has 0 heterocycles. The fourth-order valence-corrected chi connectivity index (χ4v) is 1.66. The average Bonchev–Trinajstić information content (AvgIpc) is 2.02. The van der Waals surface area contributed by atoms with Crippen molar-refractivity contribution in [1.29, 1.82) is 0 Å². The van der Waals surface area contributed by atoms with Crippen molar-refractivity contribution < 1.29 is 52.9 Å². The minimum absolute atomic E-state index is 0. The van der Waals surface area contributed by atoms with Crippen molar-refractivity contribution in [2.45, 2.75) is 10.4 Å². The number of para-hydroxylation sites is 1. The van der Waals surface area contributed by atoms with Gasteiger partial charge < -0.3 is 5.11 Å². The van der Waals surface area contributed by atoms with Crippen LogP contribution < -0.4 is 0 Å². The standard InChI is InChI=1S/C7H5F3O3S.Zr/c8-7(9,10)14(12,13)6-4-2-1-3-5(6)11;/h1-4,11H;. The number of alkyl halides is 3. The van der Waals surface area contributed by atoms with Crippen molar-refractivity contribution in [3.63, 3.8) is 0 Å². The Morgan fingerprint density at radius 2 is 1.60 bits per heavy atom. The first kappa shape index (κ1) is 14.6. The molecule has 82 valence electrons. The summed E-state index contributed by atoms with van der Waals surface area (Å²) in [6.07, 6.45) is 0. The van der Waals surface area contributed by atoms with Gasteiger partial charge in [0.2, 0.25) is 0 Å². The van der Waals surface area contributed by atoms with Gasteiger partial charge in [-0.2, -0.15) is 13.2 Å². The molecular weight excluding hydrogens is 312 g/mol. The Morgan fingerprint density at radius 3 is 2.00 bits per heavy atom. The average molecular weight is 317 g/mol. The Kier molecular flexibility index (Phi) is 4.54. The van der Waals surface area contributed by atoms with Crippen LogP contribution >= 0.6 is 0 Å². The molecule has 8 heteroatoms. The van der Waals surface area contributed by atoms with Crippen molar-refractivity contribution in [2.24, 2.45) is 0 Å². The third-order valence-corrected chi connectivity index (χ3v) is 2.99. The third kappa shape index (κ3) is 2.81. The van der Waals surface area contributed by atoms with Crippen LogP contribution in [0.15, 0.2) is 29.2 Å². The molecular formula is C7H5F3O3SZr. The molecule has 0 saturated carbocycles. The van der Waals surface area contributed by atoms with Gasteiger partial charge in [0, 0.05) is 26.2 Å². The van der Waals surface area contributed by atoms with Gasteiger partial charge in [-0.15, -0.1) is 0 Å². The van der Waals surface area contributed by atoms with E-state index in [1.54, 1.807) is 0 Å². The molecule has 0 unspecified atom stereocenters. The van der Waals surface area contributed by atoms with Gasteiger partial charge in [0.25, 0.3) is 9.84 Å². The second-order valence-electron chi connectivity index (χ2n) is 2.42. The number of phenols is 1. The van der Waals surface area contributed by atoms with E-state index < -0.39 is 26.0 Å². The summed E-state index contributed by atoms with van der Waals surface area (Å²) >= 11 is 0. The van der Waals surface area contributed by atoms with Crippen molar-refractivity contribution in [1.82, 2.24) is 0 Å². The van der Waals surface area contributed by atoms with Crippen LogP contribution in [0, 0.1) is 0 Å². The van der Waals surface area contributed by atoms with Gasteiger partial charge in [-0.1, -0.05) is 12.1 Å². The molecule has 15 heavy (non-hydrogen) atoms. The zero-order chi connectivity index (χ0) is 11.0. The van der Waals surface area contributed by atoms with Crippen LogP contribution in [-0.2, 0) is 36.0 Å². The molecule has 0 aliphatic rings. The van der Waals surface area contributed by atoms with Gasteiger partial charge in [0.05, 0.1) is 0 Å². The van der Waals surface area contributed by atoms with Crippen LogP contribution in [0.2, 0.25) is 0 Å². The molecule has 1 rings (SSSR count). The predicted octanol–water partition coefficient (Wildman–Crippen LogP) is 1.68. The summed E-state index contributed by atoms with van der Waals surface area (Å²) in [6.45, 7) is 0. The Hall–Kier alpha value is -0.357. The van der Waals surface area contributed by atoms with E-state index in [1.165, 1.54) is 6.07 Å². The Labute approximate surface area is 103 Å². The first-order chi connectivity index (χ1) is 6.27. The predicted molar refractivity (Wildman–Crippen MR) is 41.3 cm³/mol. The van der Waals surface area contributed by atoms with Gasteiger partial charge in [0.15, 0.2) is 0 Å². The fraction of sp³-hybridized carbons (Fsp3) is 0.143. The maximum absolute atomic E-state index is 12.0. The summed E-state index contributed by atoms with van der Waals surface area (Å²) in [6, 6.07) is 3.89. The summed E-state index contributed by atoms with van der Waals surface area (Å²) in [5, 5.41) is 8.93. The van der Waals surface area contributed by atoms with Gasteiger partial charge in [-0.05, 0) is 12.1 Å². The van der Waals surface area contributed by atoms with E-state index in [9.17, 15) is 21.6 Å². The number of hydrogen-bond donors (Lipinski definition) is 1. The smallest absolute Gasteiger partial charge is 0.502 e. The number of hydrogen-bond acceptors (Lipinski definition) is 3. The Balaban J connectivity index is 0.00000196. The van der Waals surface area contributed by atoms with E-state index >= 15 is 0 Å². The molecule has 0 aromatic heterocycles. The molecule has 0 aliphatic heterocycles. The van der Waals surface area contributed by atoms with E-state index in [1.807, 2.05) is 0 Å². The summed E-state index contributed by atoms with van der Waals surface area (Å²) in [5.41, 5.74) is -5.40. The molecule has 1 N–H and O–H groups in total. The maximum Gasteiger partial charge on any atom is 0.502 e. The largest absolute Gasteiger partial charge is 0.507 e. The van der Waals surface area contributed by atoms with E-state index in [4.69, 9.17) is 5.11 Å². The summed E-state index contributed by atoms with van der Waals surface area (Å²) in [4.78, 5) is -1.13. The molecule has 0 radical (unpaired) electrons. The van der Waals surface area contributed by atoms with Crippen LogP contribution in [-0.4, -0.2) is 19.0 Å². The molecule has 0 fully saturated rings. The SMILES string of the molecule is O=S(=O)(c1ccccc1O)C(F)(F)F.[Zr]. The van der Waals surface area contributed by atoms with Gasteiger partial charge in [-0.3, -0.25) is 0 Å². The Bertz CT molecular complexity index is 441. The normalized spacial score (nSPS) is 11.9. The van der Waals surface area contributed by atoms with Crippen molar-refractivity contribution in [3.8, 4) is 5.75 Å². The molecule has 1 aromatic carbocycles. The minimum atomic E-state index is -5.46. The van der Waals surface area contributed by atoms with Gasteiger partial charge in [-0.25, -0.2) is 8.42 Å². The summed E-state index contributed by atoms with van der Waals surface area (Å²) in [5.74, 6) is -0.912. The summed E-state index contributed by atoms with van der Waals surface area (Å²) in [7, 11) is -5.46. The van der Waals surface area contributed by atoms with Crippen molar-refractivity contribution >= 4 is 9.84 Å². The number of benzene rings is 1. The zero-order valence-electron chi connectivity index (χ0n) is 7.12. The molecule has 0 bridgehead atoms. The second-order valence-corrected chi connectivity index (χ2v) is 4.33. The molecule has 1 aromatic rings. The first-order valence-corrected chi connectivity index (χ1v) is 4.84. The van der Waals surface area contributed by atoms with Crippen LogP contribution in [0.1, 0.15) is 0 Å². The molecule has 0 atom stereocenters. The summed E-state index contributed by atoms with van der Waals surface area (Å²) < 4.78 is 57.6. The number of halogens is 3. The first-order valence-electron chi connectivity index (χ1n) is 3.36. The number of aromatic hydroxyl groups is 1. The number of phenolic OH excluding ortho intramolecular Hbond substituents is 1. The topological polar surface area (TPSA) is 54.4 Å². The zero-order valence-corrected chi connectivity index (χ0v) is 10.4. The number of sulfone groups is 1. The van der Waals surface area contributed by atoms with Gasteiger partial charge in [0.1, 0.15) is 10.6 Å². The maximum atomic E-state index is 12.0.